The van der Waals surface area contributed by atoms with Gasteiger partial charge in [0.05, 0.1) is 0 Å². The molecule has 148 valence electrons. The number of ketones is 1. The first kappa shape index (κ1) is 21.8. The van der Waals surface area contributed by atoms with Crippen LogP contribution in [0.2, 0.25) is 0 Å². The molecule has 1 atom stereocenters. The summed E-state index contributed by atoms with van der Waals surface area (Å²) in [5.74, 6) is -1.47. The van der Waals surface area contributed by atoms with E-state index in [9.17, 15) is 14.4 Å². The van der Waals surface area contributed by atoms with Gasteiger partial charge in [0.25, 0.3) is 5.91 Å². The van der Waals surface area contributed by atoms with Crippen LogP contribution in [0.4, 0.5) is 0 Å². The second-order valence-electron chi connectivity index (χ2n) is 6.78. The van der Waals surface area contributed by atoms with E-state index in [1.807, 2.05) is 19.1 Å². The highest BCUT2D eigenvalue weighted by molar-refractivity contribution is 9.10. The Balaban J connectivity index is 1.97. The lowest BCUT2D eigenvalue weighted by Crippen LogP contribution is -2.45. The van der Waals surface area contributed by atoms with Crippen molar-refractivity contribution in [2.45, 2.75) is 33.2 Å². The molecule has 28 heavy (non-hydrogen) atoms. The predicted octanol–water partition coefficient (Wildman–Crippen LogP) is 4.19. The van der Waals surface area contributed by atoms with Gasteiger partial charge in [-0.1, -0.05) is 61.0 Å². The number of aryl methyl sites for hydroxylation is 1. The summed E-state index contributed by atoms with van der Waals surface area (Å²) < 4.78 is 6.04. The Bertz CT molecular complexity index is 829. The number of carbonyl (C=O) groups is 3. The number of Topliss-reactive ketones (excluding diaryl/α,β-unsaturated/α-hetero) is 1. The average molecular weight is 446 g/mol. The maximum Gasteiger partial charge on any atom is 0.329 e. The molecule has 2 rings (SSSR count). The molecule has 0 spiro atoms. The van der Waals surface area contributed by atoms with Gasteiger partial charge in [0.15, 0.2) is 12.4 Å². The number of nitrogens with one attached hydrogen (secondary N) is 1. The molecule has 0 aliphatic rings. The molecule has 0 bridgehead atoms. The van der Waals surface area contributed by atoms with Crippen LogP contribution >= 0.6 is 15.9 Å². The van der Waals surface area contributed by atoms with Gasteiger partial charge in [-0.05, 0) is 42.2 Å². The lowest BCUT2D eigenvalue weighted by molar-refractivity contribution is -0.145. The van der Waals surface area contributed by atoms with Gasteiger partial charge in [-0.2, -0.15) is 0 Å². The summed E-state index contributed by atoms with van der Waals surface area (Å²) in [5.41, 5.74) is 2.06. The van der Waals surface area contributed by atoms with Gasteiger partial charge < -0.3 is 10.1 Å². The topological polar surface area (TPSA) is 72.5 Å². The van der Waals surface area contributed by atoms with Crippen molar-refractivity contribution in [1.82, 2.24) is 5.32 Å². The second-order valence-corrected chi connectivity index (χ2v) is 7.70. The minimum absolute atomic E-state index is 0.189. The summed E-state index contributed by atoms with van der Waals surface area (Å²) in [6, 6.07) is 13.2. The molecule has 2 aromatic rings. The Morgan fingerprint density at radius 1 is 0.964 bits per heavy atom. The van der Waals surface area contributed by atoms with E-state index in [0.717, 1.165) is 16.5 Å². The van der Waals surface area contributed by atoms with E-state index < -0.39 is 12.0 Å². The van der Waals surface area contributed by atoms with E-state index in [1.165, 1.54) is 0 Å². The molecule has 0 heterocycles. The third kappa shape index (κ3) is 6.02. The van der Waals surface area contributed by atoms with Crippen LogP contribution in [0, 0.1) is 5.92 Å². The molecule has 0 aliphatic carbocycles. The van der Waals surface area contributed by atoms with Crippen molar-refractivity contribution in [2.24, 2.45) is 5.92 Å². The van der Waals surface area contributed by atoms with Gasteiger partial charge >= 0.3 is 5.97 Å². The Morgan fingerprint density at radius 3 is 2.07 bits per heavy atom. The number of hydrogen-bond acceptors (Lipinski definition) is 4. The second kappa shape index (κ2) is 10.2. The van der Waals surface area contributed by atoms with Crippen molar-refractivity contribution in [3.63, 3.8) is 0 Å². The highest BCUT2D eigenvalue weighted by atomic mass is 79.9. The van der Waals surface area contributed by atoms with Crippen LogP contribution in [0.15, 0.2) is 53.0 Å². The van der Waals surface area contributed by atoms with E-state index in [0.29, 0.717) is 11.1 Å². The van der Waals surface area contributed by atoms with E-state index in [2.05, 4.69) is 21.2 Å². The van der Waals surface area contributed by atoms with E-state index in [4.69, 9.17) is 4.74 Å². The van der Waals surface area contributed by atoms with Crippen LogP contribution in [0.3, 0.4) is 0 Å². The standard InChI is InChI=1S/C22H24BrNO4/c1-4-15-5-7-16(8-6-15)19(25)13-28-22(27)20(14(2)3)24-21(26)17-9-11-18(23)12-10-17/h5-12,14,20H,4,13H2,1-3H3,(H,24,26). The fraction of sp³-hybridized carbons (Fsp3) is 0.318. The molecule has 0 aromatic heterocycles. The maximum atomic E-state index is 12.4. The van der Waals surface area contributed by atoms with Crippen molar-refractivity contribution in [3.8, 4) is 0 Å². The zero-order chi connectivity index (χ0) is 20.7. The molecule has 1 amide bonds. The van der Waals surface area contributed by atoms with E-state index in [-0.39, 0.29) is 24.2 Å². The molecule has 0 saturated carbocycles. The van der Waals surface area contributed by atoms with Crippen LogP contribution in [-0.4, -0.2) is 30.3 Å². The summed E-state index contributed by atoms with van der Waals surface area (Å²) in [6.07, 6.45) is 0.886. The molecule has 0 aliphatic heterocycles. The molecular weight excluding hydrogens is 422 g/mol. The Labute approximate surface area is 173 Å². The molecule has 1 unspecified atom stereocenters. The smallest absolute Gasteiger partial charge is 0.329 e. The quantitative estimate of drug-likeness (QED) is 0.488. The molecule has 0 saturated heterocycles. The molecule has 0 radical (unpaired) electrons. The first-order valence-electron chi connectivity index (χ1n) is 9.17. The summed E-state index contributed by atoms with van der Waals surface area (Å²) >= 11 is 3.32. The monoisotopic (exact) mass is 445 g/mol. The Hall–Kier alpha value is -2.47. The molecule has 5 nitrogen and oxygen atoms in total. The molecule has 2 aromatic carbocycles. The Kier molecular flexibility index (Phi) is 7.93. The lowest BCUT2D eigenvalue weighted by Gasteiger charge is -2.20. The molecular formula is C22H24BrNO4. The van der Waals surface area contributed by atoms with Gasteiger partial charge in [-0.3, -0.25) is 9.59 Å². The summed E-state index contributed by atoms with van der Waals surface area (Å²) in [7, 11) is 0. The van der Waals surface area contributed by atoms with Crippen LogP contribution in [0.25, 0.3) is 0 Å². The number of ether oxygens (including phenoxy) is 1. The fourth-order valence-electron chi connectivity index (χ4n) is 2.56. The molecule has 0 fully saturated rings. The summed E-state index contributed by atoms with van der Waals surface area (Å²) in [6.45, 7) is 5.28. The molecule has 1 N–H and O–H groups in total. The minimum atomic E-state index is -0.841. The Morgan fingerprint density at radius 2 is 1.54 bits per heavy atom. The zero-order valence-corrected chi connectivity index (χ0v) is 17.8. The van der Waals surface area contributed by atoms with Crippen molar-refractivity contribution < 1.29 is 19.1 Å². The van der Waals surface area contributed by atoms with Crippen molar-refractivity contribution in [2.75, 3.05) is 6.61 Å². The van der Waals surface area contributed by atoms with Crippen LogP contribution in [0.1, 0.15) is 47.1 Å². The number of esters is 1. The van der Waals surface area contributed by atoms with Crippen molar-refractivity contribution in [3.05, 3.63) is 69.7 Å². The number of hydrogen-bond donors (Lipinski definition) is 1. The minimum Gasteiger partial charge on any atom is -0.456 e. The van der Waals surface area contributed by atoms with Crippen LogP contribution in [0.5, 0.6) is 0 Å². The number of rotatable bonds is 8. The maximum absolute atomic E-state index is 12.4. The van der Waals surface area contributed by atoms with Crippen LogP contribution in [-0.2, 0) is 16.0 Å². The number of amides is 1. The largest absolute Gasteiger partial charge is 0.456 e. The average Bonchev–Trinajstić information content (AvgIpc) is 2.70. The normalized spacial score (nSPS) is 11.8. The van der Waals surface area contributed by atoms with Gasteiger partial charge in [-0.25, -0.2) is 4.79 Å². The number of halogens is 1. The molecule has 6 heteroatoms. The fourth-order valence-corrected chi connectivity index (χ4v) is 2.82. The van der Waals surface area contributed by atoms with E-state index in [1.54, 1.807) is 50.2 Å². The van der Waals surface area contributed by atoms with Crippen molar-refractivity contribution >= 4 is 33.6 Å². The predicted molar refractivity (Wildman–Crippen MR) is 111 cm³/mol. The van der Waals surface area contributed by atoms with Gasteiger partial charge in [0.1, 0.15) is 6.04 Å². The van der Waals surface area contributed by atoms with E-state index >= 15 is 0 Å². The van der Waals surface area contributed by atoms with Crippen molar-refractivity contribution in [1.29, 1.82) is 0 Å². The van der Waals surface area contributed by atoms with Gasteiger partial charge in [0, 0.05) is 15.6 Å². The third-order valence-corrected chi connectivity index (χ3v) is 4.87. The third-order valence-electron chi connectivity index (χ3n) is 4.34. The highest BCUT2D eigenvalue weighted by Gasteiger charge is 2.27. The summed E-state index contributed by atoms with van der Waals surface area (Å²) in [4.78, 5) is 37.1. The SMILES string of the molecule is CCc1ccc(C(=O)COC(=O)C(NC(=O)c2ccc(Br)cc2)C(C)C)cc1. The summed E-state index contributed by atoms with van der Waals surface area (Å²) in [5, 5.41) is 2.69. The van der Waals surface area contributed by atoms with Gasteiger partial charge in [0.2, 0.25) is 0 Å². The number of carbonyl (C=O) groups excluding carboxylic acids is 3. The zero-order valence-electron chi connectivity index (χ0n) is 16.2. The van der Waals surface area contributed by atoms with Crippen LogP contribution < -0.4 is 5.32 Å². The first-order chi connectivity index (χ1) is 13.3. The first-order valence-corrected chi connectivity index (χ1v) is 9.96. The highest BCUT2D eigenvalue weighted by Crippen LogP contribution is 2.12. The number of benzene rings is 2. The van der Waals surface area contributed by atoms with Gasteiger partial charge in [-0.15, -0.1) is 0 Å². The lowest BCUT2D eigenvalue weighted by atomic mass is 10.0.